The first-order valence-corrected chi connectivity index (χ1v) is 7.13. The van der Waals surface area contributed by atoms with Gasteiger partial charge in [-0.1, -0.05) is 22.0 Å². The van der Waals surface area contributed by atoms with Crippen LogP contribution in [0.2, 0.25) is 0 Å². The van der Waals surface area contributed by atoms with Crippen molar-refractivity contribution in [2.75, 3.05) is 5.32 Å². The van der Waals surface area contributed by atoms with Crippen molar-refractivity contribution < 1.29 is 9.53 Å². The molecule has 0 bridgehead atoms. The molecule has 96 valence electrons. The van der Waals surface area contributed by atoms with Crippen molar-refractivity contribution in [2.24, 2.45) is 0 Å². The van der Waals surface area contributed by atoms with Gasteiger partial charge in [0.1, 0.15) is 5.60 Å². The molecular weight excluding hydrogens is 314 g/mol. The number of carbonyl (C=O) groups excluding carboxylic acids is 1. The molecule has 0 atom stereocenters. The van der Waals surface area contributed by atoms with Gasteiger partial charge in [-0.15, -0.1) is 11.3 Å². The van der Waals surface area contributed by atoms with Crippen LogP contribution in [0.25, 0.3) is 10.1 Å². The Kier molecular flexibility index (Phi) is 3.64. The molecule has 0 saturated heterocycles. The van der Waals surface area contributed by atoms with Gasteiger partial charge in [-0.3, -0.25) is 5.32 Å². The smallest absolute Gasteiger partial charge is 0.412 e. The van der Waals surface area contributed by atoms with Crippen molar-refractivity contribution in [3.8, 4) is 0 Å². The number of amides is 1. The van der Waals surface area contributed by atoms with Gasteiger partial charge in [0.25, 0.3) is 0 Å². The molecule has 0 unspecified atom stereocenters. The van der Waals surface area contributed by atoms with Crippen molar-refractivity contribution >= 4 is 48.4 Å². The van der Waals surface area contributed by atoms with Crippen LogP contribution in [-0.4, -0.2) is 11.7 Å². The third-order valence-corrected chi connectivity index (χ3v) is 3.61. The number of hydrogen-bond donors (Lipinski definition) is 1. The van der Waals surface area contributed by atoms with Crippen molar-refractivity contribution in [1.29, 1.82) is 0 Å². The minimum atomic E-state index is -0.482. The number of nitrogens with one attached hydrogen (secondary N) is 1. The zero-order chi connectivity index (χ0) is 13.3. The lowest BCUT2D eigenvalue weighted by atomic mass is 10.2. The molecule has 0 radical (unpaired) electrons. The molecule has 2 aromatic rings. The lowest BCUT2D eigenvalue weighted by Crippen LogP contribution is -2.26. The van der Waals surface area contributed by atoms with Crippen molar-refractivity contribution in [2.45, 2.75) is 26.4 Å². The number of hydrogen-bond acceptors (Lipinski definition) is 3. The molecule has 3 nitrogen and oxygen atoms in total. The van der Waals surface area contributed by atoms with E-state index >= 15 is 0 Å². The van der Waals surface area contributed by atoms with E-state index in [1.807, 2.05) is 45.0 Å². The minimum Gasteiger partial charge on any atom is -0.444 e. The van der Waals surface area contributed by atoms with Gasteiger partial charge in [-0.2, -0.15) is 0 Å². The van der Waals surface area contributed by atoms with Crippen LogP contribution < -0.4 is 5.32 Å². The molecule has 1 heterocycles. The zero-order valence-corrected chi connectivity index (χ0v) is 12.8. The molecule has 1 aromatic carbocycles. The van der Waals surface area contributed by atoms with Crippen LogP contribution in [0.5, 0.6) is 0 Å². The van der Waals surface area contributed by atoms with E-state index in [2.05, 4.69) is 21.2 Å². The second-order valence-corrected chi connectivity index (χ2v) is 6.92. The van der Waals surface area contributed by atoms with Gasteiger partial charge in [0.2, 0.25) is 0 Å². The van der Waals surface area contributed by atoms with E-state index in [9.17, 15) is 4.79 Å². The SMILES string of the molecule is CC(C)(C)OC(=O)Nc1cc2ccc(Br)cc2s1. The highest BCUT2D eigenvalue weighted by Gasteiger charge is 2.16. The molecule has 1 aromatic heterocycles. The molecular formula is C13H14BrNO2S. The molecule has 0 fully saturated rings. The third-order valence-electron chi connectivity index (χ3n) is 2.11. The molecule has 5 heteroatoms. The highest BCUT2D eigenvalue weighted by Crippen LogP contribution is 2.32. The maximum atomic E-state index is 11.6. The van der Waals surface area contributed by atoms with E-state index in [1.54, 1.807) is 0 Å². The fraction of sp³-hybridized carbons (Fsp3) is 0.308. The molecule has 0 saturated carbocycles. The summed E-state index contributed by atoms with van der Waals surface area (Å²) in [5.41, 5.74) is -0.482. The third kappa shape index (κ3) is 3.46. The summed E-state index contributed by atoms with van der Waals surface area (Å²) in [4.78, 5) is 11.6. The van der Waals surface area contributed by atoms with Crippen LogP contribution in [0, 0.1) is 0 Å². The Labute approximate surface area is 118 Å². The summed E-state index contributed by atoms with van der Waals surface area (Å²) in [6.45, 7) is 5.53. The summed E-state index contributed by atoms with van der Waals surface area (Å²) >= 11 is 4.95. The molecule has 18 heavy (non-hydrogen) atoms. The summed E-state index contributed by atoms with van der Waals surface area (Å²) in [5, 5.41) is 4.64. The highest BCUT2D eigenvalue weighted by atomic mass is 79.9. The Hall–Kier alpha value is -1.07. The molecule has 1 amide bonds. The molecule has 2 rings (SSSR count). The highest BCUT2D eigenvalue weighted by molar-refractivity contribution is 9.10. The Bertz CT molecular complexity index is 586. The first kappa shape index (κ1) is 13.4. The first-order valence-electron chi connectivity index (χ1n) is 5.52. The van der Waals surface area contributed by atoms with E-state index in [0.717, 1.165) is 19.6 Å². The Morgan fingerprint density at radius 1 is 1.33 bits per heavy atom. The Morgan fingerprint density at radius 2 is 2.06 bits per heavy atom. The summed E-state index contributed by atoms with van der Waals surface area (Å²) in [5.74, 6) is 0. The summed E-state index contributed by atoms with van der Waals surface area (Å²) in [6, 6.07) is 7.96. The minimum absolute atomic E-state index is 0.423. The van der Waals surface area contributed by atoms with Gasteiger partial charge in [0.05, 0.1) is 5.00 Å². The van der Waals surface area contributed by atoms with Crippen LogP contribution in [-0.2, 0) is 4.74 Å². The number of ether oxygens (including phenoxy) is 1. The quantitative estimate of drug-likeness (QED) is 0.799. The van der Waals surface area contributed by atoms with Gasteiger partial charge in [-0.25, -0.2) is 4.79 Å². The number of halogens is 1. The predicted octanol–water partition coefficient (Wildman–Crippen LogP) is 5.01. The normalized spacial score (nSPS) is 11.6. The van der Waals surface area contributed by atoms with Gasteiger partial charge >= 0.3 is 6.09 Å². The summed E-state index contributed by atoms with van der Waals surface area (Å²) in [7, 11) is 0. The number of anilines is 1. The van der Waals surface area contributed by atoms with Crippen LogP contribution in [0.3, 0.4) is 0 Å². The number of fused-ring (bicyclic) bond motifs is 1. The maximum Gasteiger partial charge on any atom is 0.412 e. The number of thiophene rings is 1. The van der Waals surface area contributed by atoms with Crippen LogP contribution >= 0.6 is 27.3 Å². The number of rotatable bonds is 1. The summed E-state index contributed by atoms with van der Waals surface area (Å²) in [6.07, 6.45) is -0.423. The van der Waals surface area contributed by atoms with E-state index < -0.39 is 11.7 Å². The topological polar surface area (TPSA) is 38.3 Å². The van der Waals surface area contributed by atoms with Gasteiger partial charge in [0, 0.05) is 9.17 Å². The molecule has 0 aliphatic carbocycles. The number of carbonyl (C=O) groups is 1. The van der Waals surface area contributed by atoms with Crippen LogP contribution in [0.4, 0.5) is 9.80 Å². The zero-order valence-electron chi connectivity index (χ0n) is 10.4. The van der Waals surface area contributed by atoms with Gasteiger partial charge in [0.15, 0.2) is 0 Å². The predicted molar refractivity (Wildman–Crippen MR) is 79.4 cm³/mol. The molecule has 0 spiro atoms. The largest absolute Gasteiger partial charge is 0.444 e. The fourth-order valence-corrected chi connectivity index (χ4v) is 2.97. The van der Waals surface area contributed by atoms with Crippen molar-refractivity contribution in [3.63, 3.8) is 0 Å². The monoisotopic (exact) mass is 327 g/mol. The Morgan fingerprint density at radius 3 is 2.72 bits per heavy atom. The second kappa shape index (κ2) is 4.90. The summed E-state index contributed by atoms with van der Waals surface area (Å²) < 4.78 is 7.36. The Balaban J connectivity index is 2.15. The van der Waals surface area contributed by atoms with E-state index in [4.69, 9.17) is 4.74 Å². The molecule has 1 N–H and O–H groups in total. The van der Waals surface area contributed by atoms with Crippen molar-refractivity contribution in [3.05, 3.63) is 28.7 Å². The van der Waals surface area contributed by atoms with Gasteiger partial charge in [-0.05, 0) is 44.4 Å². The average Bonchev–Trinajstić information content (AvgIpc) is 2.55. The molecule has 0 aliphatic heterocycles. The lowest BCUT2D eigenvalue weighted by Gasteiger charge is -2.19. The second-order valence-electron chi connectivity index (χ2n) is 4.92. The van der Waals surface area contributed by atoms with Gasteiger partial charge < -0.3 is 4.74 Å². The average molecular weight is 328 g/mol. The molecule has 0 aliphatic rings. The van der Waals surface area contributed by atoms with Crippen LogP contribution in [0.1, 0.15) is 20.8 Å². The van der Waals surface area contributed by atoms with E-state index in [-0.39, 0.29) is 0 Å². The standard InChI is InChI=1S/C13H14BrNO2S/c1-13(2,3)17-12(16)15-11-6-8-4-5-9(14)7-10(8)18-11/h4-7H,1-3H3,(H,15,16). The van der Waals surface area contributed by atoms with Crippen molar-refractivity contribution in [1.82, 2.24) is 0 Å². The van der Waals surface area contributed by atoms with E-state index in [1.165, 1.54) is 11.3 Å². The van der Waals surface area contributed by atoms with E-state index in [0.29, 0.717) is 0 Å². The lowest BCUT2D eigenvalue weighted by molar-refractivity contribution is 0.0636. The number of benzene rings is 1. The first-order chi connectivity index (χ1) is 8.33. The fourth-order valence-electron chi connectivity index (χ4n) is 1.47. The van der Waals surface area contributed by atoms with Crippen LogP contribution in [0.15, 0.2) is 28.7 Å². The maximum absolute atomic E-state index is 11.6.